The number of thiol groups is 1. The Kier molecular flexibility index (Phi) is 3.08. The second-order valence-electron chi connectivity index (χ2n) is 2.15. The van der Waals surface area contributed by atoms with Crippen molar-refractivity contribution in [3.05, 3.63) is 0 Å². The molecule has 0 aromatic carbocycles. The van der Waals surface area contributed by atoms with E-state index >= 15 is 0 Å². The first-order valence-corrected chi connectivity index (χ1v) is 4.94. The minimum atomic E-state index is 0.887. The summed E-state index contributed by atoms with van der Waals surface area (Å²) in [5, 5.41) is 3.31. The summed E-state index contributed by atoms with van der Waals surface area (Å²) >= 11 is 4.08. The smallest absolute Gasteiger partial charge is 0.00754 e. The number of rotatable bonds is 2. The van der Waals surface area contributed by atoms with Crippen LogP contribution >= 0.6 is 22.5 Å². The van der Waals surface area contributed by atoms with Gasteiger partial charge in [-0.1, -0.05) is 10.8 Å². The third-order valence-electron chi connectivity index (χ3n) is 1.47. The van der Waals surface area contributed by atoms with Gasteiger partial charge in [0.05, 0.1) is 0 Å². The molecular formula is C5H11NS2. The van der Waals surface area contributed by atoms with Gasteiger partial charge in [0.2, 0.25) is 0 Å². The van der Waals surface area contributed by atoms with E-state index < -0.39 is 0 Å². The molecule has 1 rings (SSSR count). The molecule has 0 spiro atoms. The van der Waals surface area contributed by atoms with E-state index in [9.17, 15) is 0 Å². The van der Waals surface area contributed by atoms with Crippen molar-refractivity contribution >= 4 is 22.5 Å². The first-order valence-electron chi connectivity index (χ1n) is 2.90. The molecule has 1 nitrogen and oxygen atoms in total. The Morgan fingerprint density at radius 1 is 1.75 bits per heavy atom. The summed E-state index contributed by atoms with van der Waals surface area (Å²) in [4.78, 5) is 0. The molecule has 1 heterocycles. The van der Waals surface area contributed by atoms with E-state index in [2.05, 4.69) is 17.0 Å². The van der Waals surface area contributed by atoms with E-state index in [0.717, 1.165) is 5.92 Å². The summed E-state index contributed by atoms with van der Waals surface area (Å²) in [6.45, 7) is 2.41. The lowest BCUT2D eigenvalue weighted by Gasteiger charge is -2.01. The van der Waals surface area contributed by atoms with Crippen molar-refractivity contribution in [1.82, 2.24) is 5.32 Å². The Bertz CT molecular complexity index is 61.4. The van der Waals surface area contributed by atoms with Crippen LogP contribution in [0.2, 0.25) is 0 Å². The second-order valence-corrected chi connectivity index (χ2v) is 3.52. The van der Waals surface area contributed by atoms with E-state index in [-0.39, 0.29) is 0 Å². The summed E-state index contributed by atoms with van der Waals surface area (Å²) in [5.74, 6) is 2.09. The highest BCUT2D eigenvalue weighted by molar-refractivity contribution is 8.68. The molecule has 1 aliphatic rings. The Morgan fingerprint density at radius 3 is 3.12 bits per heavy atom. The molecule has 1 unspecified atom stereocenters. The van der Waals surface area contributed by atoms with Crippen LogP contribution in [0.4, 0.5) is 0 Å². The van der Waals surface area contributed by atoms with Gasteiger partial charge in [0.15, 0.2) is 0 Å². The average molecular weight is 149 g/mol. The molecule has 3 heteroatoms. The van der Waals surface area contributed by atoms with Gasteiger partial charge >= 0.3 is 0 Å². The Hall–Kier alpha value is 0.660. The van der Waals surface area contributed by atoms with E-state index in [1.54, 1.807) is 10.8 Å². The molecule has 0 bridgehead atoms. The highest BCUT2D eigenvalue weighted by Gasteiger charge is 2.12. The minimum absolute atomic E-state index is 0.887. The molecular weight excluding hydrogens is 138 g/mol. The highest BCUT2D eigenvalue weighted by atomic mass is 33.1. The zero-order chi connectivity index (χ0) is 5.82. The largest absolute Gasteiger partial charge is 0.316 e. The Balaban J connectivity index is 2.06. The normalized spacial score (nSPS) is 28.9. The van der Waals surface area contributed by atoms with Crippen molar-refractivity contribution in [3.63, 3.8) is 0 Å². The lowest BCUT2D eigenvalue weighted by molar-refractivity contribution is 0.664. The quantitative estimate of drug-likeness (QED) is 0.451. The van der Waals surface area contributed by atoms with Gasteiger partial charge in [-0.15, -0.1) is 11.7 Å². The van der Waals surface area contributed by atoms with E-state index in [1.165, 1.54) is 25.3 Å². The molecule has 1 atom stereocenters. The summed E-state index contributed by atoms with van der Waals surface area (Å²) in [6, 6.07) is 0. The van der Waals surface area contributed by atoms with Crippen LogP contribution in [0.3, 0.4) is 0 Å². The topological polar surface area (TPSA) is 12.0 Å². The van der Waals surface area contributed by atoms with Crippen LogP contribution in [-0.2, 0) is 0 Å². The van der Waals surface area contributed by atoms with Gasteiger partial charge in [-0.3, -0.25) is 0 Å². The molecule has 0 aromatic heterocycles. The molecule has 0 saturated carbocycles. The van der Waals surface area contributed by atoms with Gasteiger partial charge in [-0.05, 0) is 25.4 Å². The predicted octanol–water partition coefficient (Wildman–Crippen LogP) is 1.17. The van der Waals surface area contributed by atoms with Crippen LogP contribution in [0.25, 0.3) is 0 Å². The maximum absolute atomic E-state index is 4.08. The fourth-order valence-electron chi connectivity index (χ4n) is 0.962. The van der Waals surface area contributed by atoms with Crippen molar-refractivity contribution in [1.29, 1.82) is 0 Å². The third kappa shape index (κ3) is 1.88. The number of nitrogens with one attached hydrogen (secondary N) is 1. The summed E-state index contributed by atoms with van der Waals surface area (Å²) in [5.41, 5.74) is 0. The fraction of sp³-hybridized carbons (Fsp3) is 1.00. The highest BCUT2D eigenvalue weighted by Crippen LogP contribution is 2.16. The van der Waals surface area contributed by atoms with Crippen LogP contribution in [0.1, 0.15) is 6.42 Å². The maximum Gasteiger partial charge on any atom is 0.00754 e. The van der Waals surface area contributed by atoms with Crippen LogP contribution in [-0.4, -0.2) is 18.8 Å². The standard InChI is InChI=1S/C5H11NS2/c7-8-4-5-1-2-6-3-5/h5-7H,1-4H2. The summed E-state index contributed by atoms with van der Waals surface area (Å²) in [7, 11) is 1.65. The lowest BCUT2D eigenvalue weighted by atomic mass is 10.2. The Morgan fingerprint density at radius 2 is 2.62 bits per heavy atom. The molecule has 8 heavy (non-hydrogen) atoms. The van der Waals surface area contributed by atoms with Crippen molar-refractivity contribution in [3.8, 4) is 0 Å². The molecule has 0 radical (unpaired) electrons. The predicted molar refractivity (Wildman–Crippen MR) is 42.4 cm³/mol. The Labute approximate surface area is 59.4 Å². The molecule has 48 valence electrons. The van der Waals surface area contributed by atoms with Crippen LogP contribution in [0, 0.1) is 5.92 Å². The maximum atomic E-state index is 4.08. The van der Waals surface area contributed by atoms with Crippen molar-refractivity contribution in [2.24, 2.45) is 5.92 Å². The van der Waals surface area contributed by atoms with Crippen molar-refractivity contribution in [2.45, 2.75) is 6.42 Å². The summed E-state index contributed by atoms with van der Waals surface area (Å²) < 4.78 is 0. The SMILES string of the molecule is SSCC1CCNC1. The van der Waals surface area contributed by atoms with Gasteiger partial charge in [0, 0.05) is 5.75 Å². The van der Waals surface area contributed by atoms with E-state index in [1.807, 2.05) is 0 Å². The third-order valence-corrected chi connectivity index (χ3v) is 2.54. The molecule has 1 saturated heterocycles. The number of hydrogen-bond acceptors (Lipinski definition) is 3. The van der Waals surface area contributed by atoms with Gasteiger partial charge in [-0.25, -0.2) is 0 Å². The van der Waals surface area contributed by atoms with Crippen molar-refractivity contribution in [2.75, 3.05) is 18.8 Å². The van der Waals surface area contributed by atoms with Crippen LogP contribution in [0.15, 0.2) is 0 Å². The average Bonchev–Trinajstić information content (AvgIpc) is 2.19. The fourth-order valence-corrected chi connectivity index (χ4v) is 2.09. The van der Waals surface area contributed by atoms with Gasteiger partial charge in [-0.2, -0.15) is 0 Å². The first-order chi connectivity index (χ1) is 3.93. The van der Waals surface area contributed by atoms with Gasteiger partial charge in [0.25, 0.3) is 0 Å². The second kappa shape index (κ2) is 3.64. The molecule has 0 aromatic rings. The van der Waals surface area contributed by atoms with Gasteiger partial charge in [0.1, 0.15) is 0 Å². The molecule has 1 aliphatic heterocycles. The number of hydrogen-bond donors (Lipinski definition) is 2. The first kappa shape index (κ1) is 6.78. The zero-order valence-corrected chi connectivity index (χ0v) is 6.47. The lowest BCUT2D eigenvalue weighted by Crippen LogP contribution is -2.09. The monoisotopic (exact) mass is 149 g/mol. The minimum Gasteiger partial charge on any atom is -0.316 e. The molecule has 0 aliphatic carbocycles. The zero-order valence-electron chi connectivity index (χ0n) is 4.76. The van der Waals surface area contributed by atoms with E-state index in [4.69, 9.17) is 0 Å². The van der Waals surface area contributed by atoms with Crippen LogP contribution in [0.5, 0.6) is 0 Å². The van der Waals surface area contributed by atoms with Gasteiger partial charge < -0.3 is 5.32 Å². The summed E-state index contributed by atoms with van der Waals surface area (Å²) in [6.07, 6.45) is 1.34. The molecule has 0 amide bonds. The van der Waals surface area contributed by atoms with Crippen LogP contribution < -0.4 is 5.32 Å². The molecule has 1 N–H and O–H groups in total. The van der Waals surface area contributed by atoms with Crippen molar-refractivity contribution < 1.29 is 0 Å². The van der Waals surface area contributed by atoms with E-state index in [0.29, 0.717) is 0 Å². The molecule has 1 fully saturated rings.